The van der Waals surface area contributed by atoms with Crippen molar-refractivity contribution >= 4 is 15.9 Å². The van der Waals surface area contributed by atoms with Gasteiger partial charge in [0.15, 0.2) is 5.69 Å². The molecule has 2 aromatic rings. The Labute approximate surface area is 151 Å². The maximum absolute atomic E-state index is 13.1. The summed E-state index contributed by atoms with van der Waals surface area (Å²) in [5.41, 5.74) is 0.295. The van der Waals surface area contributed by atoms with Crippen LogP contribution in [-0.4, -0.2) is 64.1 Å². The normalized spacial score (nSPS) is 21.3. The minimum Gasteiger partial charge on any atom is -0.332 e. The number of hydrogen-bond donors (Lipinski definition) is 1. The number of benzene rings is 1. The zero-order chi connectivity index (χ0) is 18.9. The highest BCUT2D eigenvalue weighted by Crippen LogP contribution is 2.26. The van der Waals surface area contributed by atoms with Crippen LogP contribution in [0.25, 0.3) is 0 Å². The van der Waals surface area contributed by atoms with Gasteiger partial charge in [-0.25, -0.2) is 8.42 Å². The smallest absolute Gasteiger partial charge is 0.276 e. The Balaban J connectivity index is 1.88. The van der Waals surface area contributed by atoms with Crippen molar-refractivity contribution in [1.29, 1.82) is 5.26 Å². The molecule has 10 heteroatoms. The average molecular weight is 374 g/mol. The molecule has 1 saturated heterocycles. The van der Waals surface area contributed by atoms with Gasteiger partial charge in [0.25, 0.3) is 5.91 Å². The van der Waals surface area contributed by atoms with Crippen molar-refractivity contribution in [2.45, 2.75) is 30.8 Å². The lowest BCUT2D eigenvalue weighted by atomic mass is 10.1. The molecule has 1 aliphatic rings. The molecule has 9 nitrogen and oxygen atoms in total. The lowest BCUT2D eigenvalue weighted by molar-refractivity contribution is 0.0501. The fourth-order valence-corrected chi connectivity index (χ4v) is 4.92. The molecule has 1 amide bonds. The quantitative estimate of drug-likeness (QED) is 0.839. The Morgan fingerprint density at radius 1 is 1.27 bits per heavy atom. The van der Waals surface area contributed by atoms with Crippen molar-refractivity contribution in [3.8, 4) is 6.07 Å². The van der Waals surface area contributed by atoms with E-state index in [1.54, 1.807) is 30.9 Å². The second kappa shape index (κ2) is 6.86. The van der Waals surface area contributed by atoms with E-state index < -0.39 is 16.1 Å². The zero-order valence-electron chi connectivity index (χ0n) is 14.3. The summed E-state index contributed by atoms with van der Waals surface area (Å²) in [7, 11) is -3.85. The SMILES string of the molecule is C[C@@H]1CN(S(=O)(=O)c2ccccc2C#N)[C@@H](C)CN1C(=O)c1cn[nH]n1. The molecule has 0 aliphatic carbocycles. The van der Waals surface area contributed by atoms with Gasteiger partial charge in [-0.1, -0.05) is 12.1 Å². The van der Waals surface area contributed by atoms with E-state index in [2.05, 4.69) is 15.4 Å². The van der Waals surface area contributed by atoms with Crippen molar-refractivity contribution in [1.82, 2.24) is 24.6 Å². The predicted molar refractivity (Wildman–Crippen MR) is 91.4 cm³/mol. The molecule has 136 valence electrons. The van der Waals surface area contributed by atoms with Crippen LogP contribution >= 0.6 is 0 Å². The van der Waals surface area contributed by atoms with Crippen LogP contribution in [0.5, 0.6) is 0 Å². The lowest BCUT2D eigenvalue weighted by Crippen LogP contribution is -2.59. The summed E-state index contributed by atoms with van der Waals surface area (Å²) in [6, 6.07) is 7.25. The molecular formula is C16H18N6O3S. The van der Waals surface area contributed by atoms with Gasteiger partial charge in [-0.05, 0) is 26.0 Å². The molecule has 0 bridgehead atoms. The number of nitrogens with zero attached hydrogens (tertiary/aromatic N) is 5. The van der Waals surface area contributed by atoms with Crippen molar-refractivity contribution in [2.75, 3.05) is 13.1 Å². The van der Waals surface area contributed by atoms with Gasteiger partial charge in [-0.15, -0.1) is 0 Å². The lowest BCUT2D eigenvalue weighted by Gasteiger charge is -2.43. The number of sulfonamides is 1. The van der Waals surface area contributed by atoms with E-state index >= 15 is 0 Å². The summed E-state index contributed by atoms with van der Waals surface area (Å²) >= 11 is 0. The zero-order valence-corrected chi connectivity index (χ0v) is 15.1. The van der Waals surface area contributed by atoms with E-state index in [-0.39, 0.29) is 41.2 Å². The monoisotopic (exact) mass is 374 g/mol. The van der Waals surface area contributed by atoms with Crippen LogP contribution in [0.2, 0.25) is 0 Å². The molecule has 1 aliphatic heterocycles. The number of rotatable bonds is 3. The molecule has 2 heterocycles. The Hall–Kier alpha value is -2.77. The summed E-state index contributed by atoms with van der Waals surface area (Å²) < 4.78 is 27.5. The number of amides is 1. The van der Waals surface area contributed by atoms with E-state index in [9.17, 15) is 18.5 Å². The number of aromatic nitrogens is 3. The maximum Gasteiger partial charge on any atom is 0.276 e. The Morgan fingerprint density at radius 2 is 2.00 bits per heavy atom. The van der Waals surface area contributed by atoms with Crippen molar-refractivity contribution in [3.63, 3.8) is 0 Å². The van der Waals surface area contributed by atoms with Crippen LogP contribution in [0.3, 0.4) is 0 Å². The molecule has 0 unspecified atom stereocenters. The summed E-state index contributed by atoms with van der Waals surface area (Å²) in [6.07, 6.45) is 1.34. The minimum absolute atomic E-state index is 0.0159. The number of carbonyl (C=O) groups excluding carboxylic acids is 1. The number of H-pyrrole nitrogens is 1. The van der Waals surface area contributed by atoms with Crippen molar-refractivity contribution in [3.05, 3.63) is 41.7 Å². The van der Waals surface area contributed by atoms with Crippen LogP contribution in [0.1, 0.15) is 29.9 Å². The number of carbonyl (C=O) groups is 1. The van der Waals surface area contributed by atoms with E-state index in [0.717, 1.165) is 0 Å². The fourth-order valence-electron chi connectivity index (χ4n) is 3.07. The van der Waals surface area contributed by atoms with E-state index in [0.29, 0.717) is 0 Å². The number of aromatic amines is 1. The Bertz CT molecular complexity index is 951. The van der Waals surface area contributed by atoms with Gasteiger partial charge in [0.2, 0.25) is 10.0 Å². The first-order valence-electron chi connectivity index (χ1n) is 8.04. The molecule has 0 spiro atoms. The summed E-state index contributed by atoms with van der Waals surface area (Å²) in [5.74, 6) is -0.299. The Morgan fingerprint density at radius 3 is 2.65 bits per heavy atom. The number of nitrogens with one attached hydrogen (secondary N) is 1. The van der Waals surface area contributed by atoms with Gasteiger partial charge >= 0.3 is 0 Å². The second-order valence-electron chi connectivity index (χ2n) is 6.19. The number of piperazine rings is 1. The molecule has 0 saturated carbocycles. The molecule has 1 aromatic carbocycles. The third-order valence-electron chi connectivity index (χ3n) is 4.42. The Kier molecular flexibility index (Phi) is 4.76. The third kappa shape index (κ3) is 3.07. The highest BCUT2D eigenvalue weighted by atomic mass is 32.2. The highest BCUT2D eigenvalue weighted by molar-refractivity contribution is 7.89. The molecule has 1 aromatic heterocycles. The highest BCUT2D eigenvalue weighted by Gasteiger charge is 2.40. The van der Waals surface area contributed by atoms with Crippen molar-refractivity contribution in [2.24, 2.45) is 0 Å². The summed E-state index contributed by atoms with van der Waals surface area (Å²) in [5, 5.41) is 19.0. The van der Waals surface area contributed by atoms with Crippen molar-refractivity contribution < 1.29 is 13.2 Å². The second-order valence-corrected chi connectivity index (χ2v) is 8.05. The molecule has 1 N–H and O–H groups in total. The molecule has 1 fully saturated rings. The van der Waals surface area contributed by atoms with Gasteiger partial charge < -0.3 is 4.90 Å². The average Bonchev–Trinajstić information content (AvgIpc) is 3.17. The first kappa shape index (κ1) is 18.0. The van der Waals surface area contributed by atoms with Gasteiger partial charge in [0.1, 0.15) is 6.07 Å². The first-order chi connectivity index (χ1) is 12.4. The molecule has 0 radical (unpaired) electrons. The third-order valence-corrected chi connectivity index (χ3v) is 6.46. The van der Waals surface area contributed by atoms with E-state index in [1.807, 2.05) is 6.07 Å². The van der Waals surface area contributed by atoms with Crippen LogP contribution in [-0.2, 0) is 10.0 Å². The van der Waals surface area contributed by atoms with E-state index in [4.69, 9.17) is 0 Å². The topological polar surface area (TPSA) is 123 Å². The first-order valence-corrected chi connectivity index (χ1v) is 9.48. The molecular weight excluding hydrogens is 356 g/mol. The van der Waals surface area contributed by atoms with Crippen LogP contribution in [0.15, 0.2) is 35.4 Å². The van der Waals surface area contributed by atoms with Crippen LogP contribution in [0, 0.1) is 11.3 Å². The summed E-state index contributed by atoms with van der Waals surface area (Å²) in [4.78, 5) is 14.1. The minimum atomic E-state index is -3.85. The van der Waals surface area contributed by atoms with Gasteiger partial charge in [-0.2, -0.15) is 25.0 Å². The van der Waals surface area contributed by atoms with Gasteiger partial charge in [-0.3, -0.25) is 4.79 Å². The predicted octanol–water partition coefficient (Wildman–Crippen LogP) is 0.600. The van der Waals surface area contributed by atoms with Gasteiger partial charge in [0, 0.05) is 25.2 Å². The van der Waals surface area contributed by atoms with E-state index in [1.165, 1.54) is 22.6 Å². The molecule has 26 heavy (non-hydrogen) atoms. The number of hydrogen-bond acceptors (Lipinski definition) is 6. The van der Waals surface area contributed by atoms with Crippen LogP contribution in [0.4, 0.5) is 0 Å². The molecule has 2 atom stereocenters. The summed E-state index contributed by atoms with van der Waals surface area (Å²) in [6.45, 7) is 3.87. The number of nitriles is 1. The van der Waals surface area contributed by atoms with Crippen LogP contribution < -0.4 is 0 Å². The standard InChI is InChI=1S/C16H18N6O3S/c1-11-10-22(26(24,25)15-6-4-3-5-13(15)7-17)12(2)9-21(11)16(23)14-8-18-20-19-14/h3-6,8,11-12H,9-10H2,1-2H3,(H,18,19,20)/t11-,12+/m1/s1. The van der Waals surface area contributed by atoms with Gasteiger partial charge in [0.05, 0.1) is 16.7 Å². The largest absolute Gasteiger partial charge is 0.332 e. The fraction of sp³-hybridized carbons (Fsp3) is 0.375. The molecule has 3 rings (SSSR count). The maximum atomic E-state index is 13.1.